The number of ether oxygens (including phenoxy) is 1. The van der Waals surface area contributed by atoms with Crippen LogP contribution in [0.5, 0.6) is 0 Å². The first-order valence-corrected chi connectivity index (χ1v) is 6.97. The van der Waals surface area contributed by atoms with Crippen LogP contribution in [0.3, 0.4) is 0 Å². The minimum atomic E-state index is -0.817. The van der Waals surface area contributed by atoms with E-state index < -0.39 is 23.8 Å². The third kappa shape index (κ3) is 7.08. The van der Waals surface area contributed by atoms with Crippen molar-refractivity contribution >= 4 is 6.09 Å². The lowest BCUT2D eigenvalue weighted by Crippen LogP contribution is -2.50. The Hall–Kier alpha value is -1.63. The van der Waals surface area contributed by atoms with E-state index in [4.69, 9.17) is 10.6 Å². The molecule has 0 bridgehead atoms. The second-order valence-corrected chi connectivity index (χ2v) is 5.92. The molecule has 1 amide bonds. The largest absolute Gasteiger partial charge is 0.444 e. The lowest BCUT2D eigenvalue weighted by molar-refractivity contribution is 0.0422. The summed E-state index contributed by atoms with van der Waals surface area (Å²) in [5.74, 6) is 5.24. The normalized spacial score (nSPS) is 14.3. The number of carbonyl (C=O) groups is 1. The van der Waals surface area contributed by atoms with Crippen LogP contribution in [0.1, 0.15) is 26.3 Å². The van der Waals surface area contributed by atoms with Gasteiger partial charge in [-0.1, -0.05) is 30.3 Å². The summed E-state index contributed by atoms with van der Waals surface area (Å²) in [5, 5.41) is 12.8. The summed E-state index contributed by atoms with van der Waals surface area (Å²) in [4.78, 5) is 11.9. The standard InChI is InChI=1S/C15H25N3O3/c1-15(2,3)21-14(20)18-12(13(19)10-17-16)9-11-7-5-4-6-8-11/h4-8,12-13,17,19H,9-10,16H2,1-3H3,(H,18,20)/t12-,13-/m0/s1. The molecule has 6 nitrogen and oxygen atoms in total. The average molecular weight is 295 g/mol. The van der Waals surface area contributed by atoms with Gasteiger partial charge in [-0.3, -0.25) is 11.3 Å². The van der Waals surface area contributed by atoms with Crippen molar-refractivity contribution in [1.29, 1.82) is 0 Å². The molecule has 21 heavy (non-hydrogen) atoms. The lowest BCUT2D eigenvalue weighted by Gasteiger charge is -2.26. The number of hydrazine groups is 1. The first-order chi connectivity index (χ1) is 9.81. The molecule has 0 aliphatic rings. The second-order valence-electron chi connectivity index (χ2n) is 5.92. The zero-order chi connectivity index (χ0) is 15.9. The van der Waals surface area contributed by atoms with Crippen molar-refractivity contribution in [2.45, 2.75) is 44.9 Å². The molecule has 6 heteroatoms. The molecule has 0 spiro atoms. The number of rotatable bonds is 6. The Labute approximate surface area is 125 Å². The highest BCUT2D eigenvalue weighted by atomic mass is 16.6. The van der Waals surface area contributed by atoms with Crippen molar-refractivity contribution in [3.8, 4) is 0 Å². The second kappa shape index (κ2) is 7.97. The SMILES string of the molecule is CC(C)(C)OC(=O)N[C@@H](Cc1ccccc1)[C@@H](O)CNN. The number of carbonyl (C=O) groups excluding carboxylic acids is 1. The molecule has 0 unspecified atom stereocenters. The molecule has 0 fully saturated rings. The van der Waals surface area contributed by atoms with E-state index in [-0.39, 0.29) is 6.54 Å². The molecule has 5 N–H and O–H groups in total. The van der Waals surface area contributed by atoms with Crippen molar-refractivity contribution in [1.82, 2.24) is 10.7 Å². The van der Waals surface area contributed by atoms with Crippen molar-refractivity contribution in [2.75, 3.05) is 6.54 Å². The molecule has 0 heterocycles. The van der Waals surface area contributed by atoms with E-state index in [2.05, 4.69) is 10.7 Å². The third-order valence-corrected chi connectivity index (χ3v) is 2.79. The molecule has 0 saturated heterocycles. The maximum atomic E-state index is 11.9. The van der Waals surface area contributed by atoms with Crippen molar-refractivity contribution in [2.24, 2.45) is 5.84 Å². The number of nitrogens with two attached hydrogens (primary N) is 1. The first-order valence-electron chi connectivity index (χ1n) is 6.97. The van der Waals surface area contributed by atoms with Crippen LogP contribution >= 0.6 is 0 Å². The number of alkyl carbamates (subject to hydrolysis) is 1. The van der Waals surface area contributed by atoms with Gasteiger partial charge in [0.1, 0.15) is 5.60 Å². The molecule has 118 valence electrons. The molecule has 1 aromatic rings. The molecule has 0 aliphatic carbocycles. The first kappa shape index (κ1) is 17.4. The summed E-state index contributed by atoms with van der Waals surface area (Å²) < 4.78 is 5.22. The predicted octanol–water partition coefficient (Wildman–Crippen LogP) is 0.947. The van der Waals surface area contributed by atoms with E-state index in [0.29, 0.717) is 6.42 Å². The molecule has 0 aliphatic heterocycles. The van der Waals surface area contributed by atoms with Gasteiger partial charge in [-0.25, -0.2) is 4.79 Å². The molecular formula is C15H25N3O3. The molecule has 0 radical (unpaired) electrons. The Morgan fingerprint density at radius 2 is 1.95 bits per heavy atom. The summed E-state index contributed by atoms with van der Waals surface area (Å²) in [6.45, 7) is 5.54. The Morgan fingerprint density at radius 1 is 1.33 bits per heavy atom. The topological polar surface area (TPSA) is 96.6 Å². The van der Waals surface area contributed by atoms with Crippen molar-refractivity contribution in [3.63, 3.8) is 0 Å². The monoisotopic (exact) mass is 295 g/mol. The number of amides is 1. The van der Waals surface area contributed by atoms with Crippen LogP contribution in [0.25, 0.3) is 0 Å². The summed E-state index contributed by atoms with van der Waals surface area (Å²) in [7, 11) is 0. The number of aliphatic hydroxyl groups is 1. The maximum absolute atomic E-state index is 11.9. The van der Waals surface area contributed by atoms with E-state index in [1.54, 1.807) is 20.8 Å². The van der Waals surface area contributed by atoms with Gasteiger partial charge < -0.3 is 15.2 Å². The average Bonchev–Trinajstić information content (AvgIpc) is 2.37. The maximum Gasteiger partial charge on any atom is 0.407 e. The number of aliphatic hydroxyl groups excluding tert-OH is 1. The molecule has 0 saturated carbocycles. The Balaban J connectivity index is 2.71. The Kier molecular flexibility index (Phi) is 6.61. The Bertz CT molecular complexity index is 432. The van der Waals surface area contributed by atoms with Crippen LogP contribution in [0, 0.1) is 0 Å². The van der Waals surface area contributed by atoms with Crippen LogP contribution in [0.2, 0.25) is 0 Å². The Morgan fingerprint density at radius 3 is 2.48 bits per heavy atom. The minimum absolute atomic E-state index is 0.174. The van der Waals surface area contributed by atoms with E-state index in [0.717, 1.165) is 5.56 Å². The van der Waals surface area contributed by atoms with Crippen LogP contribution in [-0.4, -0.2) is 35.5 Å². The van der Waals surface area contributed by atoms with Gasteiger partial charge in [0, 0.05) is 6.54 Å². The van der Waals surface area contributed by atoms with Gasteiger partial charge in [0.25, 0.3) is 0 Å². The molecule has 2 atom stereocenters. The molecule has 0 aromatic heterocycles. The number of benzene rings is 1. The van der Waals surface area contributed by atoms with E-state index in [1.807, 2.05) is 30.3 Å². The number of nitrogens with one attached hydrogen (secondary N) is 2. The highest BCUT2D eigenvalue weighted by Gasteiger charge is 2.24. The summed E-state index contributed by atoms with van der Waals surface area (Å²) >= 11 is 0. The van der Waals surface area contributed by atoms with Gasteiger partial charge in [0.2, 0.25) is 0 Å². The van der Waals surface area contributed by atoms with E-state index in [1.165, 1.54) is 0 Å². The smallest absolute Gasteiger partial charge is 0.407 e. The van der Waals surface area contributed by atoms with Gasteiger partial charge in [-0.05, 0) is 32.8 Å². The summed E-state index contributed by atoms with van der Waals surface area (Å²) in [6.07, 6.45) is -0.884. The van der Waals surface area contributed by atoms with Crippen LogP contribution in [0.15, 0.2) is 30.3 Å². The fraction of sp³-hybridized carbons (Fsp3) is 0.533. The lowest BCUT2D eigenvalue weighted by atomic mass is 10.0. The van der Waals surface area contributed by atoms with Gasteiger partial charge in [-0.15, -0.1) is 0 Å². The van der Waals surface area contributed by atoms with E-state index >= 15 is 0 Å². The van der Waals surface area contributed by atoms with Gasteiger partial charge in [-0.2, -0.15) is 0 Å². The minimum Gasteiger partial charge on any atom is -0.444 e. The van der Waals surface area contributed by atoms with Crippen molar-refractivity contribution < 1.29 is 14.6 Å². The third-order valence-electron chi connectivity index (χ3n) is 2.79. The summed E-state index contributed by atoms with van der Waals surface area (Å²) in [5.41, 5.74) is 2.84. The quantitative estimate of drug-likeness (QED) is 0.463. The summed E-state index contributed by atoms with van der Waals surface area (Å²) in [6, 6.07) is 9.12. The number of hydrogen-bond acceptors (Lipinski definition) is 5. The highest BCUT2D eigenvalue weighted by Crippen LogP contribution is 2.10. The van der Waals surface area contributed by atoms with Gasteiger partial charge in [0.05, 0.1) is 12.1 Å². The van der Waals surface area contributed by atoms with Crippen LogP contribution in [0.4, 0.5) is 4.79 Å². The zero-order valence-corrected chi connectivity index (χ0v) is 12.8. The van der Waals surface area contributed by atoms with Gasteiger partial charge in [0.15, 0.2) is 0 Å². The van der Waals surface area contributed by atoms with Gasteiger partial charge >= 0.3 is 6.09 Å². The number of hydrogen-bond donors (Lipinski definition) is 4. The van der Waals surface area contributed by atoms with Crippen LogP contribution < -0.4 is 16.6 Å². The predicted molar refractivity (Wildman–Crippen MR) is 81.5 cm³/mol. The molecule has 1 aromatic carbocycles. The highest BCUT2D eigenvalue weighted by molar-refractivity contribution is 5.68. The molecule has 1 rings (SSSR count). The fourth-order valence-electron chi connectivity index (χ4n) is 1.87. The van der Waals surface area contributed by atoms with Crippen molar-refractivity contribution in [3.05, 3.63) is 35.9 Å². The fourth-order valence-corrected chi connectivity index (χ4v) is 1.87. The van der Waals surface area contributed by atoms with E-state index in [9.17, 15) is 9.90 Å². The molecular weight excluding hydrogens is 270 g/mol. The zero-order valence-electron chi connectivity index (χ0n) is 12.8. The van der Waals surface area contributed by atoms with Crippen LogP contribution in [-0.2, 0) is 11.2 Å².